The number of nitrogens with one attached hydrogen (secondary N) is 2. The van der Waals surface area contributed by atoms with Crippen LogP contribution in [-0.2, 0) is 13.0 Å². The molecule has 0 aliphatic rings. The Kier molecular flexibility index (Phi) is 3.53. The lowest BCUT2D eigenvalue weighted by Crippen LogP contribution is -2.11. The predicted molar refractivity (Wildman–Crippen MR) is 68.4 cm³/mol. The number of hydrogen-bond acceptors (Lipinski definition) is 5. The zero-order valence-electron chi connectivity index (χ0n) is 9.78. The number of aryl methyl sites for hydroxylation is 2. The molecular weight excluding hydrogens is 236 g/mol. The van der Waals surface area contributed by atoms with Gasteiger partial charge in [0.2, 0.25) is 0 Å². The van der Waals surface area contributed by atoms with E-state index in [1.54, 1.807) is 18.3 Å². The van der Waals surface area contributed by atoms with Crippen molar-refractivity contribution in [2.24, 2.45) is 0 Å². The Labute approximate surface area is 103 Å². The Morgan fingerprint density at radius 3 is 3.00 bits per heavy atom. The third-order valence-electron chi connectivity index (χ3n) is 2.23. The highest BCUT2D eigenvalue weighted by Gasteiger charge is 2.02. The molecule has 0 saturated carbocycles. The van der Waals surface area contributed by atoms with E-state index in [1.165, 1.54) is 10.9 Å². The second-order valence-electron chi connectivity index (χ2n) is 3.64. The first-order valence-corrected chi connectivity index (χ1v) is 6.24. The van der Waals surface area contributed by atoms with Crippen LogP contribution >= 0.6 is 11.3 Å². The maximum atomic E-state index is 11.2. The van der Waals surface area contributed by atoms with Gasteiger partial charge >= 0.3 is 0 Å². The quantitative estimate of drug-likeness (QED) is 0.866. The molecular formula is C11H14N4OS. The van der Waals surface area contributed by atoms with Crippen molar-refractivity contribution in [2.75, 3.05) is 5.32 Å². The second-order valence-corrected chi connectivity index (χ2v) is 4.84. The highest BCUT2D eigenvalue weighted by atomic mass is 32.1. The van der Waals surface area contributed by atoms with E-state index in [4.69, 9.17) is 0 Å². The Morgan fingerprint density at radius 2 is 2.35 bits per heavy atom. The topological polar surface area (TPSA) is 70.7 Å². The van der Waals surface area contributed by atoms with Crippen molar-refractivity contribution in [3.05, 3.63) is 38.3 Å². The van der Waals surface area contributed by atoms with Gasteiger partial charge in [0.25, 0.3) is 5.56 Å². The summed E-state index contributed by atoms with van der Waals surface area (Å²) in [5, 5.41) is 4.10. The van der Waals surface area contributed by atoms with Crippen LogP contribution in [0.4, 0.5) is 5.82 Å². The van der Waals surface area contributed by atoms with E-state index in [2.05, 4.69) is 27.2 Å². The first-order valence-electron chi connectivity index (χ1n) is 5.43. The smallest absolute Gasteiger partial charge is 0.252 e. The highest BCUT2D eigenvalue weighted by Crippen LogP contribution is 2.14. The number of H-pyrrole nitrogens is 1. The minimum atomic E-state index is -0.145. The van der Waals surface area contributed by atoms with Crippen LogP contribution in [0.15, 0.2) is 17.1 Å². The number of nitrogens with zero attached hydrogens (tertiary/aromatic N) is 2. The van der Waals surface area contributed by atoms with Crippen LogP contribution < -0.4 is 10.9 Å². The number of hydrogen-bond donors (Lipinski definition) is 2. The molecule has 0 aliphatic heterocycles. The Bertz CT molecular complexity index is 561. The molecule has 0 bridgehead atoms. The van der Waals surface area contributed by atoms with Crippen molar-refractivity contribution < 1.29 is 0 Å². The zero-order valence-corrected chi connectivity index (χ0v) is 10.6. The summed E-state index contributed by atoms with van der Waals surface area (Å²) < 4.78 is 0. The molecule has 5 nitrogen and oxygen atoms in total. The SMILES string of the molecule is CCc1cnc(CNc2cc(=O)[nH]c(C)n2)s1. The monoisotopic (exact) mass is 250 g/mol. The normalized spacial score (nSPS) is 10.5. The molecule has 2 N–H and O–H groups in total. The summed E-state index contributed by atoms with van der Waals surface area (Å²) in [6.45, 7) is 4.46. The minimum absolute atomic E-state index is 0.145. The van der Waals surface area contributed by atoms with Crippen molar-refractivity contribution in [1.29, 1.82) is 0 Å². The van der Waals surface area contributed by atoms with Gasteiger partial charge in [0, 0.05) is 17.1 Å². The minimum Gasteiger partial charge on any atom is -0.363 e. The lowest BCUT2D eigenvalue weighted by atomic mass is 10.4. The van der Waals surface area contributed by atoms with Gasteiger partial charge in [-0.2, -0.15) is 0 Å². The summed E-state index contributed by atoms with van der Waals surface area (Å²) in [7, 11) is 0. The average Bonchev–Trinajstić information content (AvgIpc) is 2.73. The molecule has 2 heterocycles. The van der Waals surface area contributed by atoms with Gasteiger partial charge in [-0.05, 0) is 13.3 Å². The highest BCUT2D eigenvalue weighted by molar-refractivity contribution is 7.11. The van der Waals surface area contributed by atoms with E-state index >= 15 is 0 Å². The van der Waals surface area contributed by atoms with Crippen LogP contribution in [0.1, 0.15) is 22.6 Å². The summed E-state index contributed by atoms with van der Waals surface area (Å²) in [6, 6.07) is 1.45. The maximum absolute atomic E-state index is 11.2. The molecule has 2 aromatic heterocycles. The molecule has 0 saturated heterocycles. The van der Waals surface area contributed by atoms with Crippen LogP contribution in [0.5, 0.6) is 0 Å². The van der Waals surface area contributed by atoms with E-state index in [1.807, 2.05) is 6.20 Å². The molecule has 0 spiro atoms. The van der Waals surface area contributed by atoms with Gasteiger partial charge in [-0.15, -0.1) is 11.3 Å². The van der Waals surface area contributed by atoms with Crippen LogP contribution in [0.25, 0.3) is 0 Å². The number of aromatic amines is 1. The van der Waals surface area contributed by atoms with Crippen molar-refractivity contribution in [3.63, 3.8) is 0 Å². The zero-order chi connectivity index (χ0) is 12.3. The van der Waals surface area contributed by atoms with Crippen LogP contribution in [0, 0.1) is 6.92 Å². The summed E-state index contributed by atoms with van der Waals surface area (Å²) in [5.74, 6) is 1.19. The number of thiazole rings is 1. The lowest BCUT2D eigenvalue weighted by molar-refractivity contribution is 0.992. The van der Waals surface area contributed by atoms with E-state index < -0.39 is 0 Å². The first-order chi connectivity index (χ1) is 8.17. The Morgan fingerprint density at radius 1 is 1.53 bits per heavy atom. The number of anilines is 1. The van der Waals surface area contributed by atoms with Gasteiger partial charge in [0.05, 0.1) is 6.54 Å². The molecule has 0 unspecified atom stereocenters. The molecule has 0 aromatic carbocycles. The van der Waals surface area contributed by atoms with Gasteiger partial charge in [0.1, 0.15) is 16.6 Å². The van der Waals surface area contributed by atoms with Gasteiger partial charge in [0.15, 0.2) is 0 Å². The molecule has 90 valence electrons. The number of aromatic nitrogens is 3. The van der Waals surface area contributed by atoms with Gasteiger partial charge < -0.3 is 10.3 Å². The van der Waals surface area contributed by atoms with E-state index in [-0.39, 0.29) is 5.56 Å². The van der Waals surface area contributed by atoms with Crippen LogP contribution in [0.3, 0.4) is 0 Å². The standard InChI is InChI=1S/C11H14N4OS/c1-3-8-5-13-11(17-8)6-12-9-4-10(16)15-7(2)14-9/h4-5H,3,6H2,1-2H3,(H2,12,14,15,16). The van der Waals surface area contributed by atoms with Crippen molar-refractivity contribution >= 4 is 17.2 Å². The Hall–Kier alpha value is -1.69. The second kappa shape index (κ2) is 5.09. The fourth-order valence-electron chi connectivity index (χ4n) is 1.43. The fourth-order valence-corrected chi connectivity index (χ4v) is 2.23. The third kappa shape index (κ3) is 3.13. The number of rotatable bonds is 4. The Balaban J connectivity index is 2.04. The maximum Gasteiger partial charge on any atom is 0.252 e. The molecule has 17 heavy (non-hydrogen) atoms. The molecule has 0 radical (unpaired) electrons. The summed E-state index contributed by atoms with van der Waals surface area (Å²) >= 11 is 1.67. The largest absolute Gasteiger partial charge is 0.363 e. The molecule has 0 atom stereocenters. The van der Waals surface area contributed by atoms with E-state index in [0.29, 0.717) is 18.2 Å². The van der Waals surface area contributed by atoms with Crippen molar-refractivity contribution in [1.82, 2.24) is 15.0 Å². The van der Waals surface area contributed by atoms with Gasteiger partial charge in [-0.3, -0.25) is 4.79 Å². The summed E-state index contributed by atoms with van der Waals surface area (Å²) in [4.78, 5) is 23.6. The van der Waals surface area contributed by atoms with Crippen LogP contribution in [0.2, 0.25) is 0 Å². The fraction of sp³-hybridized carbons (Fsp3) is 0.364. The third-order valence-corrected chi connectivity index (χ3v) is 3.37. The summed E-state index contributed by atoms with van der Waals surface area (Å²) in [6.07, 6.45) is 2.89. The van der Waals surface area contributed by atoms with E-state index in [0.717, 1.165) is 11.4 Å². The molecule has 6 heteroatoms. The molecule has 0 amide bonds. The molecule has 0 fully saturated rings. The molecule has 2 aromatic rings. The molecule has 0 aliphatic carbocycles. The van der Waals surface area contributed by atoms with Crippen molar-refractivity contribution in [3.8, 4) is 0 Å². The average molecular weight is 250 g/mol. The van der Waals surface area contributed by atoms with Gasteiger partial charge in [-0.1, -0.05) is 6.92 Å². The first kappa shape index (κ1) is 11.8. The van der Waals surface area contributed by atoms with E-state index in [9.17, 15) is 4.79 Å². The molecule has 2 rings (SSSR count). The van der Waals surface area contributed by atoms with Crippen molar-refractivity contribution in [2.45, 2.75) is 26.8 Å². The lowest BCUT2D eigenvalue weighted by Gasteiger charge is -2.03. The predicted octanol–water partition coefficient (Wildman–Crippen LogP) is 1.71. The van der Waals surface area contributed by atoms with Crippen LogP contribution in [-0.4, -0.2) is 15.0 Å². The van der Waals surface area contributed by atoms with Gasteiger partial charge in [-0.25, -0.2) is 9.97 Å². The summed E-state index contributed by atoms with van der Waals surface area (Å²) in [5.41, 5.74) is -0.145.